The maximum absolute atomic E-state index is 13.3. The largest absolute Gasteiger partial charge is 0.493 e. The first kappa shape index (κ1) is 29.0. The summed E-state index contributed by atoms with van der Waals surface area (Å²) in [6, 6.07) is 23.8. The van der Waals surface area contributed by atoms with Crippen molar-refractivity contribution in [2.75, 3.05) is 13.7 Å². The van der Waals surface area contributed by atoms with Crippen molar-refractivity contribution in [3.8, 4) is 11.5 Å². The number of nitrogens with one attached hydrogen (secondary N) is 1. The van der Waals surface area contributed by atoms with Gasteiger partial charge in [0, 0.05) is 47.6 Å². The average Bonchev–Trinajstić information content (AvgIpc) is 3.71. The Bertz CT molecular complexity index is 1830. The highest BCUT2D eigenvalue weighted by Crippen LogP contribution is 2.39. The number of benzene rings is 3. The molecule has 3 aromatic carbocycles. The second-order valence-corrected chi connectivity index (χ2v) is 11.0. The number of amides is 2. The number of rotatable bonds is 13. The summed E-state index contributed by atoms with van der Waals surface area (Å²) >= 11 is 0. The van der Waals surface area contributed by atoms with Crippen LogP contribution in [0.2, 0.25) is 0 Å². The number of nitrogens with zero attached hydrogens (tertiary/aromatic N) is 3. The number of aryl methyl sites for hydroxylation is 4. The lowest BCUT2D eigenvalue weighted by atomic mass is 9.95. The quantitative estimate of drug-likeness (QED) is 0.130. The van der Waals surface area contributed by atoms with Crippen LogP contribution in [0.4, 0.5) is 0 Å². The first-order valence-corrected chi connectivity index (χ1v) is 15.0. The molecule has 2 aromatic heterocycles. The summed E-state index contributed by atoms with van der Waals surface area (Å²) < 4.78 is 16.0. The molecular formula is C36H36N4O4. The van der Waals surface area contributed by atoms with Gasteiger partial charge in [-0.05, 0) is 61.9 Å². The van der Waals surface area contributed by atoms with Gasteiger partial charge in [-0.1, -0.05) is 54.6 Å². The molecule has 0 atom stereocenters. The van der Waals surface area contributed by atoms with Gasteiger partial charge in [-0.2, -0.15) is 0 Å². The molecule has 44 heavy (non-hydrogen) atoms. The number of aromatic nitrogens is 3. The van der Waals surface area contributed by atoms with E-state index in [0.717, 1.165) is 60.9 Å². The van der Waals surface area contributed by atoms with Crippen LogP contribution in [-0.2, 0) is 29.1 Å². The lowest BCUT2D eigenvalue weighted by molar-refractivity contribution is -0.122. The molecule has 2 amide bonds. The summed E-state index contributed by atoms with van der Waals surface area (Å²) in [5, 5.41) is 3.45. The molecule has 3 heterocycles. The maximum Gasteiger partial charge on any atom is 0.259 e. The van der Waals surface area contributed by atoms with E-state index < -0.39 is 11.8 Å². The van der Waals surface area contributed by atoms with Gasteiger partial charge in [0.2, 0.25) is 0 Å². The minimum atomic E-state index is -0.422. The van der Waals surface area contributed by atoms with Crippen LogP contribution in [0, 0.1) is 6.92 Å². The Labute approximate surface area is 256 Å². The molecule has 1 aliphatic rings. The summed E-state index contributed by atoms with van der Waals surface area (Å²) in [6.45, 7) is 4.18. The van der Waals surface area contributed by atoms with E-state index in [4.69, 9.17) is 9.47 Å². The van der Waals surface area contributed by atoms with Crippen molar-refractivity contribution in [3.63, 3.8) is 0 Å². The number of para-hydroxylation sites is 1. The van der Waals surface area contributed by atoms with E-state index in [1.54, 1.807) is 13.2 Å². The second-order valence-electron chi connectivity index (χ2n) is 11.0. The number of imide groups is 1. The van der Waals surface area contributed by atoms with Gasteiger partial charge in [-0.15, -0.1) is 0 Å². The maximum atomic E-state index is 13.3. The number of unbranched alkanes of at least 4 members (excludes halogenated alkanes) is 1. The fraction of sp³-hybridized carbons (Fsp3) is 0.250. The van der Waals surface area contributed by atoms with Crippen LogP contribution in [0.3, 0.4) is 0 Å². The van der Waals surface area contributed by atoms with Crippen molar-refractivity contribution >= 4 is 33.9 Å². The number of ether oxygens (including phenoxy) is 2. The van der Waals surface area contributed by atoms with E-state index >= 15 is 0 Å². The fourth-order valence-electron chi connectivity index (χ4n) is 5.85. The van der Waals surface area contributed by atoms with Crippen molar-refractivity contribution in [2.24, 2.45) is 0 Å². The molecule has 8 nitrogen and oxygen atoms in total. The zero-order valence-electron chi connectivity index (χ0n) is 25.1. The number of hydrogen-bond donors (Lipinski definition) is 1. The van der Waals surface area contributed by atoms with Gasteiger partial charge < -0.3 is 18.6 Å². The number of hydrogen-bond acceptors (Lipinski definition) is 5. The number of carbonyl (C=O) groups excluding carboxylic acids is 2. The van der Waals surface area contributed by atoms with Crippen LogP contribution >= 0.6 is 0 Å². The summed E-state index contributed by atoms with van der Waals surface area (Å²) in [5.41, 5.74) is 5.48. The number of imidazole rings is 1. The van der Waals surface area contributed by atoms with E-state index in [0.29, 0.717) is 34.8 Å². The van der Waals surface area contributed by atoms with Gasteiger partial charge >= 0.3 is 0 Å². The van der Waals surface area contributed by atoms with Crippen LogP contribution in [0.1, 0.15) is 41.6 Å². The Balaban J connectivity index is 1.24. The van der Waals surface area contributed by atoms with E-state index in [1.807, 2.05) is 68.1 Å². The zero-order chi connectivity index (χ0) is 30.5. The Morgan fingerprint density at radius 2 is 1.59 bits per heavy atom. The molecule has 0 radical (unpaired) electrons. The predicted molar refractivity (Wildman–Crippen MR) is 171 cm³/mol. The average molecular weight is 589 g/mol. The predicted octanol–water partition coefficient (Wildman–Crippen LogP) is 6.21. The van der Waals surface area contributed by atoms with E-state index in [9.17, 15) is 9.59 Å². The number of fused-ring (bicyclic) bond motifs is 1. The molecule has 0 saturated carbocycles. The van der Waals surface area contributed by atoms with Crippen LogP contribution in [0.5, 0.6) is 11.5 Å². The van der Waals surface area contributed by atoms with Crippen molar-refractivity contribution in [3.05, 3.63) is 114 Å². The number of carbonyl (C=O) groups is 2. The Morgan fingerprint density at radius 3 is 2.39 bits per heavy atom. The highest BCUT2D eigenvalue weighted by atomic mass is 16.5. The van der Waals surface area contributed by atoms with Gasteiger partial charge in [-0.25, -0.2) is 4.98 Å². The molecule has 0 fully saturated rings. The van der Waals surface area contributed by atoms with Crippen LogP contribution in [-0.4, -0.2) is 39.6 Å². The van der Waals surface area contributed by atoms with Crippen molar-refractivity contribution in [1.82, 2.24) is 19.4 Å². The van der Waals surface area contributed by atoms with Crippen molar-refractivity contribution < 1.29 is 19.1 Å². The fourth-order valence-corrected chi connectivity index (χ4v) is 5.85. The molecule has 0 unspecified atom stereocenters. The summed E-state index contributed by atoms with van der Waals surface area (Å²) in [4.78, 5) is 30.7. The van der Waals surface area contributed by atoms with Crippen LogP contribution in [0.15, 0.2) is 91.5 Å². The molecule has 0 aliphatic carbocycles. The molecule has 1 aliphatic heterocycles. The minimum Gasteiger partial charge on any atom is -0.493 e. The van der Waals surface area contributed by atoms with E-state index in [-0.39, 0.29) is 0 Å². The first-order valence-electron chi connectivity index (χ1n) is 15.0. The normalized spacial score (nSPS) is 13.1. The summed E-state index contributed by atoms with van der Waals surface area (Å²) in [6.07, 6.45) is 9.49. The molecule has 1 N–H and O–H groups in total. The third-order valence-electron chi connectivity index (χ3n) is 8.12. The summed E-state index contributed by atoms with van der Waals surface area (Å²) in [5.74, 6) is 0.294. The molecule has 0 spiro atoms. The van der Waals surface area contributed by atoms with E-state index in [2.05, 4.69) is 43.7 Å². The van der Waals surface area contributed by atoms with Crippen LogP contribution in [0.25, 0.3) is 22.0 Å². The van der Waals surface area contributed by atoms with Gasteiger partial charge in [0.1, 0.15) is 0 Å². The zero-order valence-corrected chi connectivity index (χ0v) is 25.1. The molecule has 0 saturated heterocycles. The number of methoxy groups -OCH3 is 1. The Morgan fingerprint density at radius 1 is 0.818 bits per heavy atom. The molecule has 6 rings (SSSR count). The molecule has 224 valence electrons. The highest BCUT2D eigenvalue weighted by molar-refractivity contribution is 6.50. The molecule has 5 aromatic rings. The van der Waals surface area contributed by atoms with Gasteiger partial charge in [0.05, 0.1) is 31.2 Å². The SMILES string of the molecule is COc1cc(C2=C(c3cn(CCCn4cncc4C)c4ccccc34)C(=O)NC2=O)ccc1OCCCCc1ccccc1. The Kier molecular flexibility index (Phi) is 8.59. The second kappa shape index (κ2) is 13.0. The highest BCUT2D eigenvalue weighted by Gasteiger charge is 2.34. The monoisotopic (exact) mass is 588 g/mol. The smallest absolute Gasteiger partial charge is 0.259 e. The third kappa shape index (κ3) is 6.01. The lowest BCUT2D eigenvalue weighted by Crippen LogP contribution is -2.22. The van der Waals surface area contributed by atoms with Gasteiger partial charge in [0.15, 0.2) is 11.5 Å². The van der Waals surface area contributed by atoms with Gasteiger partial charge in [0.25, 0.3) is 11.8 Å². The topological polar surface area (TPSA) is 87.4 Å². The third-order valence-corrected chi connectivity index (χ3v) is 8.12. The standard InChI is InChI=1S/C36H36N4O4/c1-25-22-37-24-40(25)19-10-18-39-23-29(28-14-6-7-15-30(28)39)34-33(35(41)38-36(34)42)27-16-17-31(32(21-27)43-2)44-20-9-8-13-26-11-4-3-5-12-26/h3-7,11-12,14-17,21-24H,8-10,13,18-20H2,1-2H3,(H,38,41,42). The molecule has 0 bridgehead atoms. The lowest BCUT2D eigenvalue weighted by Gasteiger charge is -2.13. The van der Waals surface area contributed by atoms with Crippen LogP contribution < -0.4 is 14.8 Å². The minimum absolute atomic E-state index is 0.333. The van der Waals surface area contributed by atoms with Gasteiger partial charge in [-0.3, -0.25) is 14.9 Å². The van der Waals surface area contributed by atoms with Crippen molar-refractivity contribution in [2.45, 2.75) is 45.7 Å². The molecule has 8 heteroatoms. The summed E-state index contributed by atoms with van der Waals surface area (Å²) in [7, 11) is 1.58. The van der Waals surface area contributed by atoms with Crippen molar-refractivity contribution in [1.29, 1.82) is 0 Å². The first-order chi connectivity index (χ1) is 21.5. The molecular weight excluding hydrogens is 552 g/mol. The Hall–Kier alpha value is -5.11. The van der Waals surface area contributed by atoms with E-state index in [1.165, 1.54) is 5.56 Å².